The molecule has 6 heteroatoms. The van der Waals surface area contributed by atoms with Gasteiger partial charge in [0.2, 0.25) is 11.8 Å². The van der Waals surface area contributed by atoms with Crippen LogP contribution in [0.25, 0.3) is 0 Å². The minimum Gasteiger partial charge on any atom is -0.346 e. The van der Waals surface area contributed by atoms with Gasteiger partial charge in [-0.1, -0.05) is 6.07 Å². The predicted molar refractivity (Wildman–Crippen MR) is 86.6 cm³/mol. The second-order valence-electron chi connectivity index (χ2n) is 6.08. The Morgan fingerprint density at radius 1 is 1.32 bits per heavy atom. The summed E-state index contributed by atoms with van der Waals surface area (Å²) in [7, 11) is 0. The third-order valence-electron chi connectivity index (χ3n) is 4.24. The molecule has 0 aromatic carbocycles. The van der Waals surface area contributed by atoms with E-state index in [0.717, 1.165) is 32.5 Å². The lowest BCUT2D eigenvalue weighted by Gasteiger charge is -2.21. The van der Waals surface area contributed by atoms with Gasteiger partial charge in [-0.05, 0) is 37.1 Å². The summed E-state index contributed by atoms with van der Waals surface area (Å²) in [6.45, 7) is 3.02. The Labute approximate surface area is 135 Å². The maximum absolute atomic E-state index is 12.1. The van der Waals surface area contributed by atoms with Crippen molar-refractivity contribution < 1.29 is 9.59 Å². The van der Waals surface area contributed by atoms with E-state index in [4.69, 9.17) is 0 Å². The summed E-state index contributed by atoms with van der Waals surface area (Å²) in [5.74, 6) is -0.00178. The monoisotopic (exact) mass is 321 g/mol. The molecule has 1 N–H and O–H groups in total. The van der Waals surface area contributed by atoms with E-state index in [1.807, 2.05) is 11.0 Å². The van der Waals surface area contributed by atoms with Crippen molar-refractivity contribution in [1.82, 2.24) is 15.1 Å². The molecule has 2 amide bonds. The molecule has 1 aliphatic heterocycles. The quantitative estimate of drug-likeness (QED) is 0.827. The van der Waals surface area contributed by atoms with E-state index in [9.17, 15) is 9.59 Å². The van der Waals surface area contributed by atoms with E-state index in [1.54, 1.807) is 11.3 Å². The molecular formula is C16H23N3O2S. The minimum atomic E-state index is -0.0454. The third-order valence-corrected chi connectivity index (χ3v) is 5.11. The van der Waals surface area contributed by atoms with Crippen LogP contribution in [-0.2, 0) is 16.1 Å². The maximum atomic E-state index is 12.1. The fourth-order valence-corrected chi connectivity index (χ4v) is 3.58. The van der Waals surface area contributed by atoms with E-state index in [2.05, 4.69) is 21.7 Å². The number of hydrogen-bond donors (Lipinski definition) is 1. The molecule has 2 heterocycles. The summed E-state index contributed by atoms with van der Waals surface area (Å²) in [5.41, 5.74) is 0. The van der Waals surface area contributed by atoms with Gasteiger partial charge in [-0.3, -0.25) is 14.5 Å². The normalized spacial score (nSPS) is 18.0. The summed E-state index contributed by atoms with van der Waals surface area (Å²) in [6.07, 6.45) is 4.50. The van der Waals surface area contributed by atoms with E-state index in [1.165, 1.54) is 17.7 Å². The number of carbonyl (C=O) groups excluding carboxylic acids is 2. The maximum Gasteiger partial charge on any atom is 0.241 e. The highest BCUT2D eigenvalue weighted by molar-refractivity contribution is 7.09. The molecule has 2 aliphatic rings. The van der Waals surface area contributed by atoms with Crippen LogP contribution in [0.15, 0.2) is 17.5 Å². The number of rotatable bonds is 7. The summed E-state index contributed by atoms with van der Waals surface area (Å²) >= 11 is 1.72. The summed E-state index contributed by atoms with van der Waals surface area (Å²) in [5, 5.41) is 4.85. The zero-order valence-corrected chi connectivity index (χ0v) is 13.6. The van der Waals surface area contributed by atoms with Crippen LogP contribution in [-0.4, -0.2) is 53.8 Å². The molecule has 2 fully saturated rings. The Morgan fingerprint density at radius 2 is 2.09 bits per heavy atom. The molecular weight excluding hydrogens is 298 g/mol. The number of nitrogens with one attached hydrogen (secondary N) is 1. The second kappa shape index (κ2) is 7.24. The standard InChI is InChI=1S/C16H23N3O2S/c20-15(17-10-16(21)18-7-1-2-8-18)12-19(13-5-6-13)11-14-4-3-9-22-14/h3-4,9,13H,1-2,5-8,10-12H2,(H,17,20). The number of likely N-dealkylation sites (tertiary alicyclic amines) is 1. The first-order valence-electron chi connectivity index (χ1n) is 8.03. The number of hydrogen-bond acceptors (Lipinski definition) is 4. The van der Waals surface area contributed by atoms with Gasteiger partial charge in [0.15, 0.2) is 0 Å². The lowest BCUT2D eigenvalue weighted by atomic mass is 10.3. The fraction of sp³-hybridized carbons (Fsp3) is 0.625. The molecule has 0 radical (unpaired) electrons. The zero-order chi connectivity index (χ0) is 15.4. The molecule has 5 nitrogen and oxygen atoms in total. The highest BCUT2D eigenvalue weighted by Gasteiger charge is 2.30. The van der Waals surface area contributed by atoms with Crippen molar-refractivity contribution in [3.63, 3.8) is 0 Å². The minimum absolute atomic E-state index is 0.0436. The molecule has 1 aliphatic carbocycles. The van der Waals surface area contributed by atoms with Crippen LogP contribution in [0.3, 0.4) is 0 Å². The van der Waals surface area contributed by atoms with Crippen LogP contribution in [0, 0.1) is 0 Å². The van der Waals surface area contributed by atoms with Crippen LogP contribution >= 0.6 is 11.3 Å². The Kier molecular flexibility index (Phi) is 5.10. The molecule has 120 valence electrons. The fourth-order valence-electron chi connectivity index (χ4n) is 2.85. The smallest absolute Gasteiger partial charge is 0.241 e. The first kappa shape index (κ1) is 15.5. The van der Waals surface area contributed by atoms with Crippen LogP contribution < -0.4 is 5.32 Å². The molecule has 0 atom stereocenters. The molecule has 1 aromatic rings. The van der Waals surface area contributed by atoms with Gasteiger partial charge >= 0.3 is 0 Å². The molecule has 1 saturated heterocycles. The van der Waals surface area contributed by atoms with Gasteiger partial charge in [-0.25, -0.2) is 0 Å². The van der Waals surface area contributed by atoms with Crippen molar-refractivity contribution in [1.29, 1.82) is 0 Å². The Bertz CT molecular complexity index is 507. The average molecular weight is 321 g/mol. The highest BCUT2D eigenvalue weighted by atomic mass is 32.1. The number of thiophene rings is 1. The Morgan fingerprint density at radius 3 is 2.73 bits per heavy atom. The molecule has 3 rings (SSSR count). The van der Waals surface area contributed by atoms with Crippen LogP contribution in [0.4, 0.5) is 0 Å². The van der Waals surface area contributed by atoms with Crippen molar-refractivity contribution in [2.75, 3.05) is 26.2 Å². The van der Waals surface area contributed by atoms with E-state index in [-0.39, 0.29) is 18.4 Å². The average Bonchev–Trinajstić information content (AvgIpc) is 3.01. The van der Waals surface area contributed by atoms with E-state index >= 15 is 0 Å². The van der Waals surface area contributed by atoms with E-state index in [0.29, 0.717) is 12.6 Å². The van der Waals surface area contributed by atoms with Crippen molar-refractivity contribution in [2.24, 2.45) is 0 Å². The topological polar surface area (TPSA) is 52.7 Å². The van der Waals surface area contributed by atoms with Gasteiger partial charge in [0, 0.05) is 30.6 Å². The van der Waals surface area contributed by atoms with Crippen molar-refractivity contribution in [3.8, 4) is 0 Å². The first-order valence-corrected chi connectivity index (χ1v) is 8.91. The van der Waals surface area contributed by atoms with Gasteiger partial charge in [0.1, 0.15) is 0 Å². The zero-order valence-electron chi connectivity index (χ0n) is 12.8. The second-order valence-corrected chi connectivity index (χ2v) is 7.11. The van der Waals surface area contributed by atoms with Crippen LogP contribution in [0.2, 0.25) is 0 Å². The lowest BCUT2D eigenvalue weighted by Crippen LogP contribution is -2.43. The van der Waals surface area contributed by atoms with Gasteiger partial charge in [0.05, 0.1) is 13.1 Å². The number of carbonyl (C=O) groups is 2. The first-order chi connectivity index (χ1) is 10.7. The van der Waals surface area contributed by atoms with Crippen molar-refractivity contribution in [3.05, 3.63) is 22.4 Å². The van der Waals surface area contributed by atoms with E-state index < -0.39 is 0 Å². The number of nitrogens with zero attached hydrogens (tertiary/aromatic N) is 2. The molecule has 1 aromatic heterocycles. The highest BCUT2D eigenvalue weighted by Crippen LogP contribution is 2.28. The molecule has 0 unspecified atom stereocenters. The van der Waals surface area contributed by atoms with Crippen LogP contribution in [0.5, 0.6) is 0 Å². The lowest BCUT2D eigenvalue weighted by molar-refractivity contribution is -0.132. The molecule has 0 bridgehead atoms. The van der Waals surface area contributed by atoms with Gasteiger partial charge < -0.3 is 10.2 Å². The predicted octanol–water partition coefficient (Wildman–Crippen LogP) is 1.45. The van der Waals surface area contributed by atoms with Crippen molar-refractivity contribution in [2.45, 2.75) is 38.3 Å². The van der Waals surface area contributed by atoms with Gasteiger partial charge in [-0.2, -0.15) is 0 Å². The van der Waals surface area contributed by atoms with Crippen LogP contribution in [0.1, 0.15) is 30.6 Å². The summed E-state index contributed by atoms with van der Waals surface area (Å²) < 4.78 is 0. The Balaban J connectivity index is 1.43. The summed E-state index contributed by atoms with van der Waals surface area (Å²) in [6, 6.07) is 4.68. The van der Waals surface area contributed by atoms with Gasteiger partial charge in [-0.15, -0.1) is 11.3 Å². The van der Waals surface area contributed by atoms with Crippen molar-refractivity contribution >= 4 is 23.2 Å². The molecule has 1 saturated carbocycles. The third kappa shape index (κ3) is 4.30. The number of amides is 2. The largest absolute Gasteiger partial charge is 0.346 e. The molecule has 0 spiro atoms. The SMILES string of the molecule is O=C(CN(Cc1cccs1)C1CC1)NCC(=O)N1CCCC1. The summed E-state index contributed by atoms with van der Waals surface area (Å²) in [4.78, 5) is 29.4. The molecule has 22 heavy (non-hydrogen) atoms. The van der Waals surface area contributed by atoms with Gasteiger partial charge in [0.25, 0.3) is 0 Å². The Hall–Kier alpha value is -1.40.